The summed E-state index contributed by atoms with van der Waals surface area (Å²) < 4.78 is 16.1. The average molecular weight is 337 g/mol. The minimum Gasteiger partial charge on any atom is -0.466 e. The lowest BCUT2D eigenvalue weighted by Crippen LogP contribution is -2.28. The lowest BCUT2D eigenvalue weighted by molar-refractivity contribution is -0.123. The van der Waals surface area contributed by atoms with Gasteiger partial charge in [0.2, 0.25) is 12.7 Å². The second-order valence-corrected chi connectivity index (χ2v) is 5.49. The molecule has 126 valence electrons. The van der Waals surface area contributed by atoms with Gasteiger partial charge in [0, 0.05) is 17.3 Å². The van der Waals surface area contributed by atoms with Gasteiger partial charge in [-0.3, -0.25) is 4.79 Å². The number of benzene rings is 2. The van der Waals surface area contributed by atoms with Crippen LogP contribution < -0.4 is 19.5 Å². The summed E-state index contributed by atoms with van der Waals surface area (Å²) in [5, 5.41) is 12.4. The third-order valence-corrected chi connectivity index (χ3v) is 3.80. The molecule has 25 heavy (non-hydrogen) atoms. The molecule has 0 bridgehead atoms. The molecular weight excluding hydrogens is 322 g/mol. The first-order valence-corrected chi connectivity index (χ1v) is 7.78. The van der Waals surface area contributed by atoms with E-state index in [4.69, 9.17) is 14.2 Å². The standard InChI is InChI=1S/C18H15N3O4/c22-17(19-8-12-5-6-15-16(7-12)25-11-24-15)10-23-18-14-4-2-1-3-13(14)9-20-21-18/h1-7,9H,8,10-11H2,(H,19,22). The van der Waals surface area contributed by atoms with E-state index in [0.29, 0.717) is 23.9 Å². The van der Waals surface area contributed by atoms with Gasteiger partial charge in [0.15, 0.2) is 18.1 Å². The van der Waals surface area contributed by atoms with Gasteiger partial charge in [-0.15, -0.1) is 5.10 Å². The number of nitrogens with zero attached hydrogens (tertiary/aromatic N) is 2. The molecule has 2 heterocycles. The molecule has 0 spiro atoms. The van der Waals surface area contributed by atoms with E-state index >= 15 is 0 Å². The SMILES string of the molecule is O=C(COc1nncc2ccccc12)NCc1ccc2c(c1)OCO2. The van der Waals surface area contributed by atoms with Crippen molar-refractivity contribution in [2.45, 2.75) is 6.54 Å². The lowest BCUT2D eigenvalue weighted by atomic mass is 10.2. The number of nitrogens with one attached hydrogen (secondary N) is 1. The van der Waals surface area contributed by atoms with Crippen LogP contribution in [0, 0.1) is 0 Å². The predicted octanol–water partition coefficient (Wildman–Crippen LogP) is 2.05. The number of carbonyl (C=O) groups is 1. The quantitative estimate of drug-likeness (QED) is 0.767. The molecule has 0 atom stereocenters. The van der Waals surface area contributed by atoms with Crippen molar-refractivity contribution in [1.82, 2.24) is 15.5 Å². The van der Waals surface area contributed by atoms with Crippen LogP contribution in [0.15, 0.2) is 48.7 Å². The van der Waals surface area contributed by atoms with Gasteiger partial charge in [0.05, 0.1) is 6.20 Å². The third-order valence-electron chi connectivity index (χ3n) is 3.80. The molecule has 7 heteroatoms. The van der Waals surface area contributed by atoms with Gasteiger partial charge in [-0.1, -0.05) is 24.3 Å². The average Bonchev–Trinajstić information content (AvgIpc) is 3.12. The second kappa shape index (κ2) is 6.64. The van der Waals surface area contributed by atoms with Crippen LogP contribution >= 0.6 is 0 Å². The normalized spacial score (nSPS) is 12.2. The highest BCUT2D eigenvalue weighted by Crippen LogP contribution is 2.32. The van der Waals surface area contributed by atoms with E-state index in [-0.39, 0.29) is 19.3 Å². The van der Waals surface area contributed by atoms with Crippen LogP contribution in [-0.4, -0.2) is 29.5 Å². The van der Waals surface area contributed by atoms with Crippen LogP contribution in [0.2, 0.25) is 0 Å². The molecule has 1 N–H and O–H groups in total. The van der Waals surface area contributed by atoms with Gasteiger partial charge in [0.1, 0.15) is 0 Å². The monoisotopic (exact) mass is 337 g/mol. The number of amides is 1. The first kappa shape index (κ1) is 15.2. The Bertz CT molecular complexity index is 924. The van der Waals surface area contributed by atoms with Gasteiger partial charge < -0.3 is 19.5 Å². The molecule has 1 amide bonds. The largest absolute Gasteiger partial charge is 0.466 e. The maximum Gasteiger partial charge on any atom is 0.258 e. The molecule has 1 aliphatic rings. The Balaban J connectivity index is 1.35. The number of ether oxygens (including phenoxy) is 3. The molecule has 7 nitrogen and oxygen atoms in total. The van der Waals surface area contributed by atoms with E-state index < -0.39 is 0 Å². The molecule has 0 unspecified atom stereocenters. The fourth-order valence-corrected chi connectivity index (χ4v) is 2.54. The Morgan fingerprint density at radius 3 is 3.00 bits per heavy atom. The Hall–Kier alpha value is -3.35. The lowest BCUT2D eigenvalue weighted by Gasteiger charge is -2.08. The minimum atomic E-state index is -0.243. The van der Waals surface area contributed by atoms with Crippen molar-refractivity contribution < 1.29 is 19.0 Å². The van der Waals surface area contributed by atoms with E-state index in [9.17, 15) is 4.79 Å². The first-order chi connectivity index (χ1) is 12.3. The van der Waals surface area contributed by atoms with Crippen LogP contribution in [0.3, 0.4) is 0 Å². The van der Waals surface area contributed by atoms with Crippen molar-refractivity contribution in [2.75, 3.05) is 13.4 Å². The predicted molar refractivity (Wildman–Crippen MR) is 89.4 cm³/mol. The van der Waals surface area contributed by atoms with Crippen LogP contribution in [0.5, 0.6) is 17.4 Å². The van der Waals surface area contributed by atoms with Crippen molar-refractivity contribution in [1.29, 1.82) is 0 Å². The number of aromatic nitrogens is 2. The number of fused-ring (bicyclic) bond motifs is 2. The second-order valence-electron chi connectivity index (χ2n) is 5.49. The molecule has 1 aromatic heterocycles. The van der Waals surface area contributed by atoms with E-state index in [0.717, 1.165) is 16.3 Å². The van der Waals surface area contributed by atoms with E-state index in [2.05, 4.69) is 15.5 Å². The zero-order valence-electron chi connectivity index (χ0n) is 13.3. The smallest absolute Gasteiger partial charge is 0.258 e. The van der Waals surface area contributed by atoms with Crippen molar-refractivity contribution in [3.63, 3.8) is 0 Å². The summed E-state index contributed by atoms with van der Waals surface area (Å²) in [5.74, 6) is 1.51. The zero-order valence-corrected chi connectivity index (χ0v) is 13.3. The molecule has 0 saturated heterocycles. The molecule has 3 aromatic rings. The molecule has 2 aromatic carbocycles. The maximum atomic E-state index is 12.0. The molecule has 4 rings (SSSR count). The molecule has 0 fully saturated rings. The van der Waals surface area contributed by atoms with Gasteiger partial charge in [0.25, 0.3) is 5.91 Å². The molecule has 0 saturated carbocycles. The first-order valence-electron chi connectivity index (χ1n) is 7.78. The van der Waals surface area contributed by atoms with Gasteiger partial charge in [-0.2, -0.15) is 5.10 Å². The van der Waals surface area contributed by atoms with Crippen LogP contribution in [0.4, 0.5) is 0 Å². The number of carbonyl (C=O) groups excluding carboxylic acids is 1. The van der Waals surface area contributed by atoms with E-state index in [1.807, 2.05) is 42.5 Å². The van der Waals surface area contributed by atoms with Crippen LogP contribution in [0.1, 0.15) is 5.56 Å². The topological polar surface area (TPSA) is 82.6 Å². The maximum absolute atomic E-state index is 12.0. The van der Waals surface area contributed by atoms with Crippen molar-refractivity contribution >= 4 is 16.7 Å². The highest BCUT2D eigenvalue weighted by molar-refractivity contribution is 5.86. The van der Waals surface area contributed by atoms with E-state index in [1.165, 1.54) is 0 Å². The third kappa shape index (κ3) is 3.30. The Labute approximate surface area is 143 Å². The summed E-state index contributed by atoms with van der Waals surface area (Å²) in [7, 11) is 0. The number of hydrogen-bond donors (Lipinski definition) is 1. The molecule has 0 aliphatic carbocycles. The highest BCUT2D eigenvalue weighted by Gasteiger charge is 2.13. The van der Waals surface area contributed by atoms with Crippen molar-refractivity contribution in [2.24, 2.45) is 0 Å². The summed E-state index contributed by atoms with van der Waals surface area (Å²) in [5.41, 5.74) is 0.919. The Morgan fingerprint density at radius 1 is 1.16 bits per heavy atom. The Kier molecular flexibility index (Phi) is 4.04. The summed E-state index contributed by atoms with van der Waals surface area (Å²) in [6, 6.07) is 13.1. The number of rotatable bonds is 5. The van der Waals surface area contributed by atoms with Gasteiger partial charge >= 0.3 is 0 Å². The van der Waals surface area contributed by atoms with Crippen molar-refractivity contribution in [3.05, 3.63) is 54.2 Å². The minimum absolute atomic E-state index is 0.132. The highest BCUT2D eigenvalue weighted by atomic mass is 16.7. The molecule has 0 radical (unpaired) electrons. The summed E-state index contributed by atoms with van der Waals surface area (Å²) in [6.45, 7) is 0.471. The Morgan fingerprint density at radius 2 is 2.04 bits per heavy atom. The van der Waals surface area contributed by atoms with Crippen LogP contribution in [-0.2, 0) is 11.3 Å². The number of hydrogen-bond acceptors (Lipinski definition) is 6. The summed E-state index contributed by atoms with van der Waals surface area (Å²) in [4.78, 5) is 12.0. The molecular formula is C18H15N3O4. The summed E-state index contributed by atoms with van der Waals surface area (Å²) in [6.07, 6.45) is 1.65. The van der Waals surface area contributed by atoms with Gasteiger partial charge in [-0.25, -0.2) is 0 Å². The van der Waals surface area contributed by atoms with Crippen LogP contribution in [0.25, 0.3) is 10.8 Å². The zero-order chi connectivity index (χ0) is 17.1. The summed E-state index contributed by atoms with van der Waals surface area (Å²) >= 11 is 0. The fourth-order valence-electron chi connectivity index (χ4n) is 2.54. The molecule has 1 aliphatic heterocycles. The fraction of sp³-hybridized carbons (Fsp3) is 0.167. The van der Waals surface area contributed by atoms with E-state index in [1.54, 1.807) is 6.20 Å². The van der Waals surface area contributed by atoms with Crippen molar-refractivity contribution in [3.8, 4) is 17.4 Å². The van der Waals surface area contributed by atoms with Gasteiger partial charge in [-0.05, 0) is 23.8 Å².